The summed E-state index contributed by atoms with van der Waals surface area (Å²) < 4.78 is 30.1. The number of thiazole rings is 2. The SMILES string of the molecule is Cc1cc([C@H](C(=O)N2C[C@H](O)C[C@H]2C(=O)CCc2ccc(-c3scnc3C)cc2)C(C)C)sn1.Cc1cc([C@H](C(=O)N2C[C@H](O)C[C@H]2C(=O)C[C@@H](C)c2ccc(-c3cnco3)cc2)C(C)(C)C)on1.Cc1cc([C@H](C(=O)N2C[C@H](O)C[C@H]2C(=O)C[C@@H](C)c2ccc(-c3cnco3)cc2)C(C)C)on1.Cc1nsc([C@H](C(=O)N2C[C@H](O)C[C@H]2C(=O)CCc2ccc(-c3scnc3C)cc2)C(C)C)n1. The first-order chi connectivity index (χ1) is 65.3. The van der Waals surface area contributed by atoms with Gasteiger partial charge in [0.05, 0.1) is 122 Å². The lowest BCUT2D eigenvalue weighted by atomic mass is 9.78. The minimum atomic E-state index is -0.735. The molecule has 4 N–H and O–H groups in total. The minimum Gasteiger partial charge on any atom is -0.444 e. The standard InChI is InChI=1S/C27H33N3O5.C26H31N3O5.C26H31N3O3S2.C25H30N4O3S2/c1-16(18-6-8-19(9-7-18)24-13-28-15-34-24)10-22(32)21-12-20(31)14-30(21)26(33)25(27(3,4)5)23-11-17(2)29-35-23;1-15(2)25(23-10-17(4)28-34-23)26(32)29-13-20(30)11-21(29)22(31)9-16(3)18-5-7-19(8-6-18)24-12-27-14-33-24;1-15(2)24(23-11-16(3)28-34-23)26(32)29-13-20(30)12-21(29)22(31)10-7-18-5-8-19(9-6-18)25-17(4)27-14-33-25;1-14(2)22(24-27-16(4)28-34-24)25(32)29-12-19(30)11-20(29)21(31)10-7-17-5-8-18(9-6-17)23-15(3)26-13-33-23/h6-9,11,13,15-16,20-21,25,31H,10,12,14H2,1-5H3;5-8,10,12,14-16,20-21,25,30H,9,11,13H2,1-4H3;5-6,8-9,11,14-15,20-21,24,30H,7,10,12-13H2,1-4H3;5-6,8-9,13-14,19-20,22,30H,7,10-12H2,1-4H3/t2*16-,20-,21+,25-;20-,21+,24-;19-,20+,22-/m1111/s1. The molecule has 0 aliphatic carbocycles. The number of hydrogen-bond acceptors (Lipinski definition) is 29. The Bertz CT molecular complexity index is 5870. The van der Waals surface area contributed by atoms with Crippen LogP contribution in [-0.2, 0) is 51.2 Å². The fourth-order valence-electron chi connectivity index (χ4n) is 18.7. The lowest BCUT2D eigenvalue weighted by molar-refractivity contribution is -0.141. The van der Waals surface area contributed by atoms with Gasteiger partial charge in [0.15, 0.2) is 47.4 Å². The average molecular weight is 1940 g/mol. The molecule has 0 spiro atoms. The Balaban J connectivity index is 0.000000154. The van der Waals surface area contributed by atoms with Crippen LogP contribution in [0.5, 0.6) is 0 Å². The van der Waals surface area contributed by atoms with E-state index >= 15 is 0 Å². The van der Waals surface area contributed by atoms with Gasteiger partial charge in [-0.15, -0.1) is 22.7 Å². The number of aryl methyl sites for hydroxylation is 8. The molecule has 4 aliphatic heterocycles. The van der Waals surface area contributed by atoms with Crippen LogP contribution < -0.4 is 0 Å². The van der Waals surface area contributed by atoms with E-state index in [1.165, 1.54) is 40.8 Å². The number of carbonyl (C=O) groups excluding carboxylic acids is 8. The summed E-state index contributed by atoms with van der Waals surface area (Å²) in [6.45, 7) is 33.7. The van der Waals surface area contributed by atoms with Gasteiger partial charge in [-0.3, -0.25) is 38.4 Å². The van der Waals surface area contributed by atoms with Crippen LogP contribution in [0.1, 0.15) is 241 Å². The topological polar surface area (TPSA) is 399 Å². The van der Waals surface area contributed by atoms with Crippen molar-refractivity contribution in [3.8, 4) is 43.5 Å². The Morgan fingerprint density at radius 2 is 0.818 bits per heavy atom. The van der Waals surface area contributed by atoms with Gasteiger partial charge in [-0.25, -0.2) is 24.9 Å². The molecular weight excluding hydrogens is 1820 g/mol. The van der Waals surface area contributed by atoms with Gasteiger partial charge in [-0.1, -0.05) is 184 Å². The van der Waals surface area contributed by atoms with E-state index in [9.17, 15) is 58.8 Å². The van der Waals surface area contributed by atoms with E-state index < -0.39 is 71.8 Å². The van der Waals surface area contributed by atoms with Crippen molar-refractivity contribution >= 4 is 92.5 Å². The summed E-state index contributed by atoms with van der Waals surface area (Å²) in [5, 5.41) is 49.9. The van der Waals surface area contributed by atoms with Crippen molar-refractivity contribution in [1.82, 2.24) is 63.6 Å². The van der Waals surface area contributed by atoms with Crippen LogP contribution in [0, 0.1) is 64.7 Å². The molecule has 12 aromatic rings. The van der Waals surface area contributed by atoms with Gasteiger partial charge in [-0.05, 0) is 152 Å². The molecule has 0 saturated carbocycles. The van der Waals surface area contributed by atoms with Crippen LogP contribution in [0.4, 0.5) is 0 Å². The van der Waals surface area contributed by atoms with Gasteiger partial charge in [0.25, 0.3) is 0 Å². The number of benzene rings is 4. The number of β-amino-alcohol motifs (C(OH)–C–C–N with tert-alkyl or cyclic N) is 4. The zero-order valence-corrected chi connectivity index (χ0v) is 84.0. The molecule has 4 fully saturated rings. The van der Waals surface area contributed by atoms with Crippen LogP contribution in [0.3, 0.4) is 0 Å². The third-order valence-corrected chi connectivity index (χ3v) is 29.7. The predicted molar refractivity (Wildman–Crippen MR) is 525 cm³/mol. The predicted octanol–water partition coefficient (Wildman–Crippen LogP) is 17.6. The quantitative estimate of drug-likeness (QED) is 0.0313. The molecule has 4 aliphatic rings. The largest absolute Gasteiger partial charge is 0.444 e. The lowest BCUT2D eigenvalue weighted by Gasteiger charge is -2.33. The van der Waals surface area contributed by atoms with Crippen LogP contribution in [0.2, 0.25) is 0 Å². The number of likely N-dealkylation sites (tertiary alicyclic amines) is 4. The van der Waals surface area contributed by atoms with E-state index in [2.05, 4.69) is 80.4 Å². The molecule has 12 heterocycles. The molecule has 4 aromatic carbocycles. The number of amides is 4. The van der Waals surface area contributed by atoms with Crippen molar-refractivity contribution in [2.45, 2.75) is 266 Å². The maximum atomic E-state index is 13.7. The number of nitrogens with zero attached hydrogens (tertiary/aromatic N) is 13. The van der Waals surface area contributed by atoms with E-state index in [4.69, 9.17) is 17.9 Å². The van der Waals surface area contributed by atoms with E-state index in [-0.39, 0.29) is 141 Å². The summed E-state index contributed by atoms with van der Waals surface area (Å²) in [5.41, 5.74) is 15.8. The maximum Gasteiger partial charge on any atom is 0.234 e. The third-order valence-electron chi connectivity index (χ3n) is 25.9. The van der Waals surface area contributed by atoms with E-state index in [0.29, 0.717) is 77.4 Å². The monoisotopic (exact) mass is 1940 g/mol. The Morgan fingerprint density at radius 1 is 0.438 bits per heavy atom. The Kier molecular flexibility index (Phi) is 34.5. The summed E-state index contributed by atoms with van der Waals surface area (Å²) in [6, 6.07) is 35.1. The first-order valence-electron chi connectivity index (χ1n) is 46.9. The number of carbonyl (C=O) groups is 8. The van der Waals surface area contributed by atoms with Gasteiger partial charge in [0, 0.05) is 106 Å². The molecule has 726 valence electrons. The van der Waals surface area contributed by atoms with Crippen LogP contribution >= 0.6 is 45.7 Å². The number of rotatable bonds is 31. The number of aliphatic hydroxyl groups excluding tert-OH is 4. The van der Waals surface area contributed by atoms with Crippen LogP contribution in [0.25, 0.3) is 43.5 Å². The van der Waals surface area contributed by atoms with E-state index in [0.717, 1.165) is 76.2 Å². The van der Waals surface area contributed by atoms with Crippen molar-refractivity contribution in [1.29, 1.82) is 0 Å². The second kappa shape index (κ2) is 45.9. The second-order valence-electron chi connectivity index (χ2n) is 38.8. The smallest absolute Gasteiger partial charge is 0.234 e. The second-order valence-corrected chi connectivity index (χ2v) is 42.1. The van der Waals surface area contributed by atoms with Gasteiger partial charge < -0.3 is 57.9 Å². The minimum absolute atomic E-state index is 0.00837. The molecule has 0 unspecified atom stereocenters. The first kappa shape index (κ1) is 103. The van der Waals surface area contributed by atoms with Crippen molar-refractivity contribution in [3.63, 3.8) is 0 Å². The zero-order chi connectivity index (χ0) is 98.5. The first-order valence-corrected chi connectivity index (χ1v) is 50.2. The summed E-state index contributed by atoms with van der Waals surface area (Å²) in [7, 11) is 0. The van der Waals surface area contributed by atoms with E-state index in [1.807, 2.05) is 182 Å². The molecular formula is C104H125N13O16S4. The van der Waals surface area contributed by atoms with Crippen molar-refractivity contribution < 1.29 is 76.7 Å². The zero-order valence-electron chi connectivity index (χ0n) is 80.8. The highest BCUT2D eigenvalue weighted by Gasteiger charge is 2.49. The molecule has 29 nitrogen and oxygen atoms in total. The fourth-order valence-corrected chi connectivity index (χ4v) is 22.2. The number of hydrogen-bond donors (Lipinski definition) is 4. The Labute approximate surface area is 815 Å². The molecule has 137 heavy (non-hydrogen) atoms. The molecule has 8 aromatic heterocycles. The highest BCUT2D eigenvalue weighted by molar-refractivity contribution is 7.13. The number of ketones is 4. The van der Waals surface area contributed by atoms with Gasteiger partial charge in [0.2, 0.25) is 23.6 Å². The molecule has 4 amide bonds. The lowest BCUT2D eigenvalue weighted by Crippen LogP contribution is -2.46. The fraction of sp³-hybridized carbons (Fsp3) is 0.471. The molecule has 0 bridgehead atoms. The number of aromatic nitrogens is 9. The number of Topliss-reactive ketones (excluding diaryl/α,β-unsaturated/α-hetero) is 4. The van der Waals surface area contributed by atoms with Crippen LogP contribution in [-0.4, -0.2) is 206 Å². The average Bonchev–Trinajstić information content (AvgIpc) is 1.67. The molecule has 14 atom stereocenters. The summed E-state index contributed by atoms with van der Waals surface area (Å²) in [6.07, 6.45) is 6.77. The maximum absolute atomic E-state index is 13.7. The van der Waals surface area contributed by atoms with Gasteiger partial charge >= 0.3 is 0 Å². The highest BCUT2D eigenvalue weighted by atomic mass is 32.1. The summed E-state index contributed by atoms with van der Waals surface area (Å²) >= 11 is 5.81. The Hall–Kier alpha value is -11.4. The molecule has 16 rings (SSSR count). The highest BCUT2D eigenvalue weighted by Crippen LogP contribution is 2.43. The summed E-state index contributed by atoms with van der Waals surface area (Å²) in [5.74, 6) is 0.205. The number of oxazole rings is 2. The number of aliphatic hydroxyl groups is 4. The Morgan fingerprint density at radius 3 is 1.15 bits per heavy atom. The van der Waals surface area contributed by atoms with Crippen molar-refractivity contribution in [2.75, 3.05) is 26.2 Å². The van der Waals surface area contributed by atoms with E-state index in [1.54, 1.807) is 75.7 Å². The molecule has 4 saturated heterocycles. The van der Waals surface area contributed by atoms with Gasteiger partial charge in [-0.2, -0.15) is 8.75 Å². The molecule has 0 radical (unpaired) electrons. The van der Waals surface area contributed by atoms with Crippen molar-refractivity contribution in [3.05, 3.63) is 229 Å². The third kappa shape index (κ3) is 25.6. The van der Waals surface area contributed by atoms with Gasteiger partial charge in [0.1, 0.15) is 34.2 Å². The van der Waals surface area contributed by atoms with Crippen LogP contribution in [0.15, 0.2) is 169 Å². The normalized spacial score (nSPS) is 19.6. The van der Waals surface area contributed by atoms with Crippen molar-refractivity contribution in [2.24, 2.45) is 23.2 Å². The summed E-state index contributed by atoms with van der Waals surface area (Å²) in [4.78, 5) is 138. The molecule has 33 heteroatoms.